The predicted molar refractivity (Wildman–Crippen MR) is 216 cm³/mol. The molecule has 2 aromatic heterocycles. The van der Waals surface area contributed by atoms with Gasteiger partial charge in [-0.2, -0.15) is 0 Å². The summed E-state index contributed by atoms with van der Waals surface area (Å²) in [6.45, 7) is 21.6. The van der Waals surface area contributed by atoms with Gasteiger partial charge in [0.2, 0.25) is 0 Å². The molecule has 4 aromatic rings. The fraction of sp³-hybridized carbons (Fsp3) is 0.325. The van der Waals surface area contributed by atoms with Crippen molar-refractivity contribution in [1.29, 1.82) is 0 Å². The minimum absolute atomic E-state index is 0.257. The lowest BCUT2D eigenvalue weighted by Gasteiger charge is -2.16. The van der Waals surface area contributed by atoms with Gasteiger partial charge in [0.05, 0.1) is 35.5 Å². The van der Waals surface area contributed by atoms with E-state index in [2.05, 4.69) is 89.9 Å². The van der Waals surface area contributed by atoms with Crippen molar-refractivity contribution in [3.8, 4) is 23.7 Å². The van der Waals surface area contributed by atoms with Crippen molar-refractivity contribution in [2.24, 2.45) is 10.7 Å². The predicted octanol–water partition coefficient (Wildman–Crippen LogP) is 9.52. The monoisotopic (exact) mass is 702 g/mol. The molecule has 0 aliphatic heterocycles. The number of methoxy groups -OCH3 is 1. The molecular formula is C40H55FN6O2S. The maximum absolute atomic E-state index is 13.4. The number of nitrogens with two attached hydrogens (primary N) is 1. The van der Waals surface area contributed by atoms with Gasteiger partial charge in [0.1, 0.15) is 5.82 Å². The number of halogens is 1. The van der Waals surface area contributed by atoms with Gasteiger partial charge < -0.3 is 25.7 Å². The first kappa shape index (κ1) is 45.5. The fourth-order valence-electron chi connectivity index (χ4n) is 4.34. The van der Waals surface area contributed by atoms with Crippen LogP contribution in [0.5, 0.6) is 0 Å². The van der Waals surface area contributed by atoms with Gasteiger partial charge in [-0.1, -0.05) is 53.2 Å². The lowest BCUT2D eigenvalue weighted by molar-refractivity contribution is 0.207. The van der Waals surface area contributed by atoms with Crippen molar-refractivity contribution in [3.63, 3.8) is 0 Å². The number of benzene rings is 2. The molecule has 0 unspecified atom stereocenters. The number of allylic oxidation sites excluding steroid dienone is 2. The van der Waals surface area contributed by atoms with E-state index in [4.69, 9.17) is 21.7 Å². The van der Waals surface area contributed by atoms with Crippen molar-refractivity contribution >= 4 is 41.4 Å². The van der Waals surface area contributed by atoms with Crippen molar-refractivity contribution in [2.75, 3.05) is 25.7 Å². The van der Waals surface area contributed by atoms with Crippen molar-refractivity contribution in [3.05, 3.63) is 107 Å². The smallest absolute Gasteiger partial charge is 0.123 e. The largest absolute Gasteiger partial charge is 0.385 e. The number of aliphatic imine (C=N–C) groups is 1. The number of hydrogen-bond donors (Lipinski definition) is 5. The Morgan fingerprint density at radius 1 is 1.12 bits per heavy atom. The first-order valence-electron chi connectivity index (χ1n) is 16.5. The zero-order chi connectivity index (χ0) is 38.1. The Hall–Kier alpha value is -4.53. The molecule has 8 nitrogen and oxygen atoms in total. The van der Waals surface area contributed by atoms with Crippen LogP contribution in [-0.4, -0.2) is 41.1 Å². The van der Waals surface area contributed by atoms with Crippen molar-refractivity contribution in [1.82, 2.24) is 15.3 Å². The quantitative estimate of drug-likeness (QED) is 0.0367. The van der Waals surface area contributed by atoms with E-state index in [9.17, 15) is 4.39 Å². The van der Waals surface area contributed by atoms with Gasteiger partial charge in [-0.15, -0.1) is 0 Å². The summed E-state index contributed by atoms with van der Waals surface area (Å²) >= 11 is 2.53. The van der Waals surface area contributed by atoms with Crippen molar-refractivity contribution < 1.29 is 13.7 Å². The number of thiol groups is 1. The first-order chi connectivity index (χ1) is 24.1. The summed E-state index contributed by atoms with van der Waals surface area (Å²) in [5.41, 5.74) is 15.1. The zero-order valence-electron chi connectivity index (χ0n) is 31.1. The number of aryl methyl sites for hydroxylation is 2. The second kappa shape index (κ2) is 26.4. The average Bonchev–Trinajstić information content (AvgIpc) is 3.13. The molecule has 2 heterocycles. The van der Waals surface area contributed by atoms with E-state index >= 15 is 0 Å². The van der Waals surface area contributed by atoms with Gasteiger partial charge in [-0.3, -0.25) is 9.97 Å². The molecule has 0 bridgehead atoms. The van der Waals surface area contributed by atoms with E-state index in [1.807, 2.05) is 53.0 Å². The molecule has 2 aromatic carbocycles. The Labute approximate surface area is 304 Å². The third-order valence-corrected chi connectivity index (χ3v) is 6.73. The third kappa shape index (κ3) is 15.3. The molecule has 10 heteroatoms. The molecule has 0 fully saturated rings. The molecule has 0 saturated heterocycles. The highest BCUT2D eigenvalue weighted by atomic mass is 32.1. The number of anilines is 1. The minimum Gasteiger partial charge on any atom is -0.385 e. The summed E-state index contributed by atoms with van der Waals surface area (Å²) in [4.78, 5) is 13.4. The van der Waals surface area contributed by atoms with Crippen molar-refractivity contribution in [2.45, 2.75) is 68.2 Å². The zero-order valence-corrected chi connectivity index (χ0v) is 32.0. The second-order valence-electron chi connectivity index (χ2n) is 10.6. The molecule has 4 rings (SSSR count). The molecule has 50 heavy (non-hydrogen) atoms. The van der Waals surface area contributed by atoms with Crippen LogP contribution in [0.25, 0.3) is 27.9 Å². The lowest BCUT2D eigenvalue weighted by atomic mass is 10.0. The molecule has 0 amide bonds. The maximum Gasteiger partial charge on any atom is 0.123 e. The van der Waals surface area contributed by atoms with Crippen LogP contribution in [-0.2, 0) is 11.2 Å². The van der Waals surface area contributed by atoms with Gasteiger partial charge in [0.15, 0.2) is 0 Å². The first-order valence-corrected chi connectivity index (χ1v) is 16.9. The summed E-state index contributed by atoms with van der Waals surface area (Å²) in [6.07, 6.45) is 12.6. The SMILES string of the molecule is C#CN=C/C(=C\C)Nc1cc(C(=C)NCCc2cc(C)c(C)c(-c3ccc(F)cc3)n2)cc2cc(C)cnc12.CC.CCC.COCN.OS. The standard InChI is InChI=1S/C33H32FN5.C3H8.C2H7NO.C2H6.H2OS/c1-7-29(20-35-8-2)38-31-18-26(17-27-15-21(3)19-37-33(27)31)24(6)36-14-13-30-16-22(4)23(5)32(39-30)25-9-11-28(34)12-10-25;1-3-2;1-4-2-3;2*1-2/h2,7,9-12,15-20,36,38H,6,13-14H2,1,3-5H3;3H2,1-2H3;2-3H2,1H3;1-2H3;1-2H/b29-7+,35-20?;;;;. The van der Waals surface area contributed by atoms with E-state index in [-0.39, 0.29) is 5.82 Å². The summed E-state index contributed by atoms with van der Waals surface area (Å²) in [5, 5.41) is 7.85. The number of pyridine rings is 2. The van der Waals surface area contributed by atoms with Gasteiger partial charge in [-0.05, 0) is 111 Å². The molecule has 0 radical (unpaired) electrons. The number of fused-ring (bicyclic) bond motifs is 1. The van der Waals surface area contributed by atoms with Gasteiger partial charge in [0.25, 0.3) is 0 Å². The maximum atomic E-state index is 13.4. The van der Waals surface area contributed by atoms with Crippen LogP contribution in [0.3, 0.4) is 0 Å². The summed E-state index contributed by atoms with van der Waals surface area (Å²) in [5.74, 6) is -0.257. The third-order valence-electron chi connectivity index (χ3n) is 6.73. The van der Waals surface area contributed by atoms with E-state index in [0.29, 0.717) is 19.7 Å². The molecule has 270 valence electrons. The normalized spacial score (nSPS) is 10.2. The van der Waals surface area contributed by atoms with Crippen LogP contribution >= 0.6 is 12.9 Å². The lowest BCUT2D eigenvalue weighted by Crippen LogP contribution is -2.16. The number of terminal acetylenes is 1. The van der Waals surface area contributed by atoms with E-state index < -0.39 is 0 Å². The Balaban J connectivity index is 0.00000194. The number of hydrogen-bond acceptors (Lipinski definition) is 9. The molecule has 0 aliphatic carbocycles. The molecule has 0 aliphatic rings. The topological polar surface area (TPSA) is 118 Å². The highest BCUT2D eigenvalue weighted by Crippen LogP contribution is 2.28. The van der Waals surface area contributed by atoms with Crippen LogP contribution in [0.15, 0.2) is 78.1 Å². The Morgan fingerprint density at radius 3 is 2.30 bits per heavy atom. The summed E-state index contributed by atoms with van der Waals surface area (Å²) < 4.78 is 24.5. The number of rotatable bonds is 10. The number of ether oxygens (including phenoxy) is 1. The van der Waals surface area contributed by atoms with Crippen LogP contribution in [0.1, 0.15) is 69.0 Å². The fourth-order valence-corrected chi connectivity index (χ4v) is 4.34. The number of nitrogens with zero attached hydrogens (tertiary/aromatic N) is 3. The van der Waals surface area contributed by atoms with Gasteiger partial charge >= 0.3 is 0 Å². The molecule has 0 spiro atoms. The van der Waals surface area contributed by atoms with E-state index in [1.165, 1.54) is 18.6 Å². The molecule has 0 atom stereocenters. The molecule has 0 saturated carbocycles. The second-order valence-corrected chi connectivity index (χ2v) is 10.6. The molecular weight excluding hydrogens is 648 g/mol. The molecule has 5 N–H and O–H groups in total. The summed E-state index contributed by atoms with van der Waals surface area (Å²) in [6, 6.07) is 17.1. The Bertz CT molecular complexity index is 1700. The van der Waals surface area contributed by atoms with Gasteiger partial charge in [0, 0.05) is 54.7 Å². The number of nitrogens with one attached hydrogen (secondary N) is 2. The van der Waals surface area contributed by atoms with Crippen LogP contribution in [0, 0.1) is 39.1 Å². The Morgan fingerprint density at radius 2 is 1.74 bits per heavy atom. The highest BCUT2D eigenvalue weighted by molar-refractivity contribution is 7.74. The van der Waals surface area contributed by atoms with E-state index in [0.717, 1.165) is 67.2 Å². The van der Waals surface area contributed by atoms with Gasteiger partial charge in [-0.25, -0.2) is 9.38 Å². The van der Waals surface area contributed by atoms with Crippen LogP contribution < -0.4 is 16.4 Å². The minimum atomic E-state index is -0.257. The van der Waals surface area contributed by atoms with Crippen LogP contribution in [0.2, 0.25) is 0 Å². The van der Waals surface area contributed by atoms with Crippen LogP contribution in [0.4, 0.5) is 10.1 Å². The Kier molecular flexibility index (Phi) is 24.0. The number of aromatic nitrogens is 2. The average molecular weight is 703 g/mol. The van der Waals surface area contributed by atoms with E-state index in [1.54, 1.807) is 25.5 Å². The summed E-state index contributed by atoms with van der Waals surface area (Å²) in [7, 11) is 1.56. The highest BCUT2D eigenvalue weighted by Gasteiger charge is 2.12.